The lowest BCUT2D eigenvalue weighted by atomic mass is 10.0. The van der Waals surface area contributed by atoms with Crippen LogP contribution in [0.3, 0.4) is 0 Å². The van der Waals surface area contributed by atoms with Gasteiger partial charge in [-0.3, -0.25) is 0 Å². The summed E-state index contributed by atoms with van der Waals surface area (Å²) in [5, 5.41) is 0. The second kappa shape index (κ2) is 15.3. The molecule has 1 heterocycles. The molecule has 0 spiro atoms. The molecule has 0 aromatic carbocycles. The zero-order chi connectivity index (χ0) is 18.2. The van der Waals surface area contributed by atoms with Crippen LogP contribution in [-0.2, 0) is 14.3 Å². The first kappa shape index (κ1) is 22.1. The third-order valence-corrected chi connectivity index (χ3v) is 5.07. The number of methoxy groups -OCH3 is 1. The molecule has 0 atom stereocenters. The Morgan fingerprint density at radius 1 is 0.720 bits per heavy atom. The van der Waals surface area contributed by atoms with Gasteiger partial charge in [0.25, 0.3) is 0 Å². The molecule has 0 fully saturated rings. The van der Waals surface area contributed by atoms with Gasteiger partial charge in [-0.2, -0.15) is 0 Å². The predicted molar refractivity (Wildman–Crippen MR) is 104 cm³/mol. The summed E-state index contributed by atoms with van der Waals surface area (Å²) >= 11 is 0. The number of carbonyl (C=O) groups excluding carboxylic acids is 1. The first-order chi connectivity index (χ1) is 12.3. The number of carbonyl (C=O) groups is 1. The Morgan fingerprint density at radius 3 is 1.52 bits per heavy atom. The molecule has 0 saturated carbocycles. The molecule has 1 rings (SSSR count). The Kier molecular flexibility index (Phi) is 13.5. The van der Waals surface area contributed by atoms with Gasteiger partial charge < -0.3 is 9.47 Å². The first-order valence-corrected chi connectivity index (χ1v) is 10.8. The number of esters is 1. The second-order valence-electron chi connectivity index (χ2n) is 7.40. The largest absolute Gasteiger partial charge is 0.463 e. The van der Waals surface area contributed by atoms with Crippen LogP contribution in [0.2, 0.25) is 0 Å². The highest BCUT2D eigenvalue weighted by Gasteiger charge is 2.32. The van der Waals surface area contributed by atoms with Crippen LogP contribution in [0, 0.1) is 0 Å². The fourth-order valence-corrected chi connectivity index (χ4v) is 3.34. The minimum absolute atomic E-state index is 0.327. The summed E-state index contributed by atoms with van der Waals surface area (Å²) in [7, 11) is 1.39. The molecule has 0 aromatic rings. The highest BCUT2D eigenvalue weighted by atomic mass is 16.6. The minimum atomic E-state index is -0.327. The van der Waals surface area contributed by atoms with E-state index < -0.39 is 0 Å². The summed E-state index contributed by atoms with van der Waals surface area (Å²) in [5.74, 6) is 0.965. The van der Waals surface area contributed by atoms with Crippen molar-refractivity contribution in [2.24, 2.45) is 0 Å². The van der Waals surface area contributed by atoms with Gasteiger partial charge in [0.15, 0.2) is 5.76 Å². The quantitative estimate of drug-likeness (QED) is 0.196. The average Bonchev–Trinajstić information content (AvgIpc) is 3.40. The average molecular weight is 353 g/mol. The molecule has 0 aromatic heterocycles. The van der Waals surface area contributed by atoms with Crippen LogP contribution in [0.15, 0.2) is 11.5 Å². The van der Waals surface area contributed by atoms with Crippen molar-refractivity contribution in [3.05, 3.63) is 11.5 Å². The van der Waals surface area contributed by atoms with Crippen LogP contribution < -0.4 is 0 Å². The van der Waals surface area contributed by atoms with Gasteiger partial charge in [-0.05, 0) is 6.42 Å². The minimum Gasteiger partial charge on any atom is -0.463 e. The highest BCUT2D eigenvalue weighted by molar-refractivity contribution is 5.90. The van der Waals surface area contributed by atoms with Crippen LogP contribution in [0.1, 0.15) is 116 Å². The fraction of sp³-hybridized carbons (Fsp3) is 0.864. The van der Waals surface area contributed by atoms with Crippen molar-refractivity contribution in [3.8, 4) is 0 Å². The van der Waals surface area contributed by atoms with E-state index in [2.05, 4.69) is 11.7 Å². The molecule has 3 nitrogen and oxygen atoms in total. The Morgan fingerprint density at radius 2 is 1.12 bits per heavy atom. The lowest BCUT2D eigenvalue weighted by Crippen LogP contribution is -1.96. The smallest absolute Gasteiger partial charge is 0.377 e. The van der Waals surface area contributed by atoms with Crippen LogP contribution in [0.5, 0.6) is 0 Å². The number of unbranched alkanes of at least 4 members (excludes halogenated alkanes) is 15. The maximum absolute atomic E-state index is 11.2. The van der Waals surface area contributed by atoms with E-state index in [0.29, 0.717) is 5.76 Å². The van der Waals surface area contributed by atoms with E-state index >= 15 is 0 Å². The zero-order valence-electron chi connectivity index (χ0n) is 16.7. The summed E-state index contributed by atoms with van der Waals surface area (Å²) in [4.78, 5) is 11.2. The molecule has 146 valence electrons. The molecule has 0 saturated heterocycles. The molecule has 0 amide bonds. The Labute approximate surface area is 155 Å². The first-order valence-electron chi connectivity index (χ1n) is 10.8. The maximum atomic E-state index is 11.2. The molecule has 25 heavy (non-hydrogen) atoms. The molecule has 0 unspecified atom stereocenters. The number of rotatable bonds is 18. The SMILES string of the molecule is CCCCCCCCCCCCCCCCCCC1=C(C(=O)OC)O1. The van der Waals surface area contributed by atoms with Crippen LogP contribution in [0.25, 0.3) is 0 Å². The standard InChI is InChI=1S/C22H40O3/c1-3-4-5-6-7-8-9-10-11-12-13-14-15-16-17-18-19-20-21(25-20)22(23)24-2/h3-19H2,1-2H3. The van der Waals surface area contributed by atoms with Crippen molar-refractivity contribution in [1.82, 2.24) is 0 Å². The zero-order valence-corrected chi connectivity index (χ0v) is 16.7. The summed E-state index contributed by atoms with van der Waals surface area (Å²) < 4.78 is 9.77. The molecule has 3 heteroatoms. The van der Waals surface area contributed by atoms with Crippen molar-refractivity contribution >= 4 is 5.97 Å². The van der Waals surface area contributed by atoms with Crippen LogP contribution in [-0.4, -0.2) is 13.1 Å². The Bertz CT molecular complexity index is 373. The van der Waals surface area contributed by atoms with E-state index in [0.717, 1.165) is 18.6 Å². The molecule has 1 aliphatic heterocycles. The second-order valence-corrected chi connectivity index (χ2v) is 7.40. The number of hydrogen-bond acceptors (Lipinski definition) is 3. The van der Waals surface area contributed by atoms with E-state index in [1.807, 2.05) is 0 Å². The lowest BCUT2D eigenvalue weighted by molar-refractivity contribution is -0.137. The summed E-state index contributed by atoms with van der Waals surface area (Å²) in [6, 6.07) is 0. The highest BCUT2D eigenvalue weighted by Crippen LogP contribution is 2.31. The van der Waals surface area contributed by atoms with Gasteiger partial charge in [0.2, 0.25) is 5.76 Å². The molecule has 0 N–H and O–H groups in total. The van der Waals surface area contributed by atoms with Gasteiger partial charge in [0.1, 0.15) is 0 Å². The topological polar surface area (TPSA) is 38.8 Å². The Hall–Kier alpha value is -0.990. The summed E-state index contributed by atoms with van der Waals surface area (Å²) in [5.41, 5.74) is 0. The molecular formula is C22H40O3. The van der Waals surface area contributed by atoms with Crippen molar-refractivity contribution in [1.29, 1.82) is 0 Å². The van der Waals surface area contributed by atoms with E-state index in [9.17, 15) is 4.79 Å². The number of ether oxygens (including phenoxy) is 2. The molecule has 1 aliphatic rings. The molecule has 0 aliphatic carbocycles. The van der Waals surface area contributed by atoms with Gasteiger partial charge in [-0.1, -0.05) is 103 Å². The maximum Gasteiger partial charge on any atom is 0.377 e. The van der Waals surface area contributed by atoms with Crippen LogP contribution >= 0.6 is 0 Å². The van der Waals surface area contributed by atoms with Crippen molar-refractivity contribution in [3.63, 3.8) is 0 Å². The van der Waals surface area contributed by atoms with Gasteiger partial charge in [-0.25, -0.2) is 4.79 Å². The third-order valence-electron chi connectivity index (χ3n) is 5.07. The fourth-order valence-electron chi connectivity index (χ4n) is 3.34. The van der Waals surface area contributed by atoms with Crippen molar-refractivity contribution in [2.75, 3.05) is 7.11 Å². The van der Waals surface area contributed by atoms with Gasteiger partial charge in [-0.15, -0.1) is 0 Å². The van der Waals surface area contributed by atoms with Crippen molar-refractivity contribution in [2.45, 2.75) is 116 Å². The van der Waals surface area contributed by atoms with Crippen LogP contribution in [0.4, 0.5) is 0 Å². The normalized spacial score (nSPS) is 13.0. The molecule has 0 radical (unpaired) electrons. The number of allylic oxidation sites excluding steroid dienone is 1. The van der Waals surface area contributed by atoms with Gasteiger partial charge >= 0.3 is 5.97 Å². The summed E-state index contributed by atoms with van der Waals surface area (Å²) in [6.45, 7) is 2.28. The monoisotopic (exact) mass is 352 g/mol. The lowest BCUT2D eigenvalue weighted by Gasteiger charge is -2.03. The van der Waals surface area contributed by atoms with Crippen molar-refractivity contribution < 1.29 is 14.3 Å². The molecular weight excluding hydrogens is 312 g/mol. The predicted octanol–water partition coefficient (Wildman–Crippen LogP) is 7.05. The van der Waals surface area contributed by atoms with E-state index in [-0.39, 0.29) is 5.97 Å². The van der Waals surface area contributed by atoms with E-state index in [4.69, 9.17) is 4.74 Å². The summed E-state index contributed by atoms with van der Waals surface area (Å²) in [6.07, 6.45) is 22.9. The van der Waals surface area contributed by atoms with Gasteiger partial charge in [0, 0.05) is 6.42 Å². The third kappa shape index (κ3) is 12.1. The van der Waals surface area contributed by atoms with Gasteiger partial charge in [0.05, 0.1) is 7.11 Å². The van der Waals surface area contributed by atoms with E-state index in [1.165, 1.54) is 103 Å². The number of hydrogen-bond donors (Lipinski definition) is 0. The van der Waals surface area contributed by atoms with E-state index in [1.54, 1.807) is 0 Å². The Balaban J connectivity index is 1.71. The molecule has 0 bridgehead atoms.